The summed E-state index contributed by atoms with van der Waals surface area (Å²) in [4.78, 5) is 38.1. The number of nitrogens with zero attached hydrogens (tertiary/aromatic N) is 1. The Morgan fingerprint density at radius 3 is 2.32 bits per heavy atom. The average Bonchev–Trinajstić information content (AvgIpc) is 2.67. The van der Waals surface area contributed by atoms with E-state index in [-0.39, 0.29) is 29.6 Å². The van der Waals surface area contributed by atoms with Crippen LogP contribution >= 0.6 is 0 Å². The molecule has 1 aliphatic carbocycles. The maximum absolute atomic E-state index is 12.8. The molecule has 1 aromatic heterocycles. The second-order valence-electron chi connectivity index (χ2n) is 8.09. The first-order valence-electron chi connectivity index (χ1n) is 10.3. The number of aliphatic hydroxyl groups excluding tert-OH is 1. The van der Waals surface area contributed by atoms with Crippen LogP contribution in [0.25, 0.3) is 0 Å². The van der Waals surface area contributed by atoms with Crippen molar-refractivity contribution in [3.8, 4) is 0 Å². The smallest absolute Gasteiger partial charge is 0.256 e. The van der Waals surface area contributed by atoms with E-state index in [0.717, 1.165) is 25.7 Å². The Labute approximate surface area is 166 Å². The third kappa shape index (κ3) is 6.19. The molecule has 0 saturated heterocycles. The van der Waals surface area contributed by atoms with Gasteiger partial charge in [-0.05, 0) is 25.2 Å². The van der Waals surface area contributed by atoms with E-state index in [1.807, 2.05) is 20.8 Å². The van der Waals surface area contributed by atoms with Gasteiger partial charge in [-0.3, -0.25) is 14.4 Å². The summed E-state index contributed by atoms with van der Waals surface area (Å²) >= 11 is 0. The Kier molecular flexibility index (Phi) is 8.23. The number of hydrogen-bond acceptors (Lipinski definition) is 4. The lowest BCUT2D eigenvalue weighted by Gasteiger charge is -2.23. The second-order valence-corrected chi connectivity index (χ2v) is 8.09. The van der Waals surface area contributed by atoms with Crippen LogP contribution in [0.15, 0.2) is 17.2 Å². The number of nitrogens with one attached hydrogen (secondary N) is 2. The second kappa shape index (κ2) is 10.4. The standard InChI is InChI=1S/C21H33N3O4/c1-4-16(25)10-22-20(27)17-12-24(11-14(2)3)13-18(19(17)26)21(28)23-15-8-6-5-7-9-15/h12-16,25H,4-11H2,1-3H3,(H,22,27)(H,23,28). The van der Waals surface area contributed by atoms with Gasteiger partial charge in [0.15, 0.2) is 0 Å². The highest BCUT2D eigenvalue weighted by Gasteiger charge is 2.22. The molecule has 2 amide bonds. The molecule has 3 N–H and O–H groups in total. The molecule has 1 heterocycles. The van der Waals surface area contributed by atoms with E-state index >= 15 is 0 Å². The molecule has 0 aromatic carbocycles. The van der Waals surface area contributed by atoms with Crippen LogP contribution in [0.2, 0.25) is 0 Å². The number of aromatic nitrogens is 1. The number of amides is 2. The summed E-state index contributed by atoms with van der Waals surface area (Å²) < 4.78 is 1.73. The summed E-state index contributed by atoms with van der Waals surface area (Å²) in [6.45, 7) is 6.51. The van der Waals surface area contributed by atoms with Crippen LogP contribution in [-0.4, -0.2) is 40.2 Å². The summed E-state index contributed by atoms with van der Waals surface area (Å²) in [5.41, 5.74) is -0.646. The fourth-order valence-corrected chi connectivity index (χ4v) is 3.44. The lowest BCUT2D eigenvalue weighted by molar-refractivity contribution is 0.0911. The van der Waals surface area contributed by atoms with Gasteiger partial charge in [-0.15, -0.1) is 0 Å². The van der Waals surface area contributed by atoms with Crippen LogP contribution in [0.5, 0.6) is 0 Å². The molecule has 0 aliphatic heterocycles. The highest BCUT2D eigenvalue weighted by atomic mass is 16.3. The number of carbonyl (C=O) groups is 2. The summed E-state index contributed by atoms with van der Waals surface area (Å²) in [6, 6.07) is 0.0800. The molecule has 1 saturated carbocycles. The third-order valence-corrected chi connectivity index (χ3v) is 5.05. The molecule has 1 fully saturated rings. The van der Waals surface area contributed by atoms with E-state index in [0.29, 0.717) is 13.0 Å². The predicted octanol–water partition coefficient (Wildman–Crippen LogP) is 2.07. The SMILES string of the molecule is CCC(O)CNC(=O)c1cn(CC(C)C)cc(C(=O)NC2CCCCC2)c1=O. The zero-order valence-electron chi connectivity index (χ0n) is 17.2. The van der Waals surface area contributed by atoms with Crippen LogP contribution in [0.1, 0.15) is 80.0 Å². The van der Waals surface area contributed by atoms with E-state index in [2.05, 4.69) is 10.6 Å². The zero-order chi connectivity index (χ0) is 20.7. The number of carbonyl (C=O) groups excluding carboxylic acids is 2. The van der Waals surface area contributed by atoms with Crippen LogP contribution in [0.3, 0.4) is 0 Å². The summed E-state index contributed by atoms with van der Waals surface area (Å²) in [6.07, 6.45) is 8.02. The summed E-state index contributed by atoms with van der Waals surface area (Å²) in [7, 11) is 0. The van der Waals surface area contributed by atoms with Gasteiger partial charge in [-0.2, -0.15) is 0 Å². The largest absolute Gasteiger partial charge is 0.391 e. The molecule has 1 unspecified atom stereocenters. The summed E-state index contributed by atoms with van der Waals surface area (Å²) in [5.74, 6) is -0.699. The molecule has 1 aromatic rings. The Balaban J connectivity index is 2.28. The van der Waals surface area contributed by atoms with Crippen molar-refractivity contribution in [3.05, 3.63) is 33.7 Å². The third-order valence-electron chi connectivity index (χ3n) is 5.05. The average molecular weight is 392 g/mol. The topological polar surface area (TPSA) is 100 Å². The molecule has 1 atom stereocenters. The molecule has 2 rings (SSSR count). The normalized spacial score (nSPS) is 16.0. The van der Waals surface area contributed by atoms with Gasteiger partial charge in [0.05, 0.1) is 6.10 Å². The van der Waals surface area contributed by atoms with Gasteiger partial charge in [0.25, 0.3) is 11.8 Å². The fourth-order valence-electron chi connectivity index (χ4n) is 3.44. The Bertz CT molecular complexity index is 736. The van der Waals surface area contributed by atoms with Crippen molar-refractivity contribution in [3.63, 3.8) is 0 Å². The van der Waals surface area contributed by atoms with Gasteiger partial charge in [-0.1, -0.05) is 40.0 Å². The van der Waals surface area contributed by atoms with Crippen LogP contribution < -0.4 is 16.1 Å². The molecular weight excluding hydrogens is 358 g/mol. The quantitative estimate of drug-likeness (QED) is 0.631. The number of hydrogen-bond donors (Lipinski definition) is 3. The minimum atomic E-state index is -0.667. The monoisotopic (exact) mass is 391 g/mol. The van der Waals surface area contributed by atoms with Crippen molar-refractivity contribution in [2.75, 3.05) is 6.54 Å². The molecule has 156 valence electrons. The fraction of sp³-hybridized carbons (Fsp3) is 0.667. The van der Waals surface area contributed by atoms with Gasteiger partial charge < -0.3 is 20.3 Å². The van der Waals surface area contributed by atoms with Gasteiger partial charge in [-0.25, -0.2) is 0 Å². The van der Waals surface area contributed by atoms with Gasteiger partial charge in [0, 0.05) is 31.5 Å². The molecule has 1 aliphatic rings. The molecule has 7 heteroatoms. The van der Waals surface area contributed by atoms with Crippen molar-refractivity contribution in [1.82, 2.24) is 15.2 Å². The van der Waals surface area contributed by atoms with Crippen molar-refractivity contribution in [1.29, 1.82) is 0 Å². The zero-order valence-corrected chi connectivity index (χ0v) is 17.2. The van der Waals surface area contributed by atoms with Crippen LogP contribution in [0, 0.1) is 5.92 Å². The minimum absolute atomic E-state index is 0.00471. The molecule has 0 bridgehead atoms. The molecule has 0 radical (unpaired) electrons. The number of aliphatic hydroxyl groups is 1. The number of rotatable bonds is 8. The summed E-state index contributed by atoms with van der Waals surface area (Å²) in [5, 5.41) is 15.2. The van der Waals surface area contributed by atoms with E-state index in [1.54, 1.807) is 4.57 Å². The van der Waals surface area contributed by atoms with Crippen molar-refractivity contribution < 1.29 is 14.7 Å². The molecule has 0 spiro atoms. The van der Waals surface area contributed by atoms with E-state index < -0.39 is 23.3 Å². The lowest BCUT2D eigenvalue weighted by Crippen LogP contribution is -2.41. The lowest BCUT2D eigenvalue weighted by atomic mass is 9.95. The van der Waals surface area contributed by atoms with Crippen molar-refractivity contribution in [2.45, 2.75) is 78.0 Å². The van der Waals surface area contributed by atoms with Gasteiger partial charge in [0.2, 0.25) is 5.43 Å². The Hall–Kier alpha value is -2.15. The first-order valence-corrected chi connectivity index (χ1v) is 10.3. The highest BCUT2D eigenvalue weighted by Crippen LogP contribution is 2.17. The Morgan fingerprint density at radius 2 is 1.75 bits per heavy atom. The number of pyridine rings is 1. The maximum Gasteiger partial charge on any atom is 0.256 e. The van der Waals surface area contributed by atoms with Crippen molar-refractivity contribution >= 4 is 11.8 Å². The highest BCUT2D eigenvalue weighted by molar-refractivity contribution is 5.99. The van der Waals surface area contributed by atoms with E-state index in [4.69, 9.17) is 0 Å². The van der Waals surface area contributed by atoms with Gasteiger partial charge in [0.1, 0.15) is 11.1 Å². The predicted molar refractivity (Wildman–Crippen MR) is 109 cm³/mol. The Morgan fingerprint density at radius 1 is 1.14 bits per heavy atom. The van der Waals surface area contributed by atoms with E-state index in [1.165, 1.54) is 18.8 Å². The maximum atomic E-state index is 12.8. The van der Waals surface area contributed by atoms with Crippen LogP contribution in [-0.2, 0) is 6.54 Å². The molecule has 7 nitrogen and oxygen atoms in total. The molecule has 28 heavy (non-hydrogen) atoms. The van der Waals surface area contributed by atoms with Gasteiger partial charge >= 0.3 is 0 Å². The van der Waals surface area contributed by atoms with E-state index in [9.17, 15) is 19.5 Å². The minimum Gasteiger partial charge on any atom is -0.391 e. The first-order chi connectivity index (χ1) is 13.3. The van der Waals surface area contributed by atoms with Crippen LogP contribution in [0.4, 0.5) is 0 Å². The first kappa shape index (κ1) is 22.1. The van der Waals surface area contributed by atoms with Crippen molar-refractivity contribution in [2.24, 2.45) is 5.92 Å². The molecular formula is C21H33N3O4.